The molecule has 0 atom stereocenters. The minimum Gasteiger partial charge on any atom is -0.492 e. The molecule has 29 heavy (non-hydrogen) atoms. The zero-order valence-corrected chi connectivity index (χ0v) is 15.3. The first kappa shape index (κ1) is 21.7. The lowest BCUT2D eigenvalue weighted by molar-refractivity contribution is -0.137. The number of nitrogens with one attached hydrogen (secondary N) is 2. The van der Waals surface area contributed by atoms with Gasteiger partial charge in [0.15, 0.2) is 6.61 Å². The van der Waals surface area contributed by atoms with Crippen molar-refractivity contribution >= 4 is 29.4 Å². The third-order valence-corrected chi connectivity index (χ3v) is 3.36. The second kappa shape index (κ2) is 10.1. The molecule has 0 aromatic heterocycles. The van der Waals surface area contributed by atoms with E-state index in [1.807, 2.05) is 0 Å². The molecule has 7 nitrogen and oxygen atoms in total. The van der Waals surface area contributed by atoms with Crippen LogP contribution in [0.1, 0.15) is 12.5 Å². The molecule has 2 aromatic carbocycles. The number of nitrogens with zero attached hydrogens (tertiary/aromatic N) is 1. The number of carbonyl (C=O) groups is 2. The lowest BCUT2D eigenvalue weighted by Crippen LogP contribution is -2.18. The minimum absolute atomic E-state index is 0.0541. The number of halogens is 3. The highest BCUT2D eigenvalue weighted by Gasteiger charge is 2.30. The number of alkyl halides is 3. The van der Waals surface area contributed by atoms with Crippen molar-refractivity contribution in [1.29, 1.82) is 0 Å². The highest BCUT2D eigenvalue weighted by atomic mass is 19.4. The summed E-state index contributed by atoms with van der Waals surface area (Å²) in [6, 6.07) is 10.9. The number of carbonyl (C=O) groups excluding carboxylic acids is 2. The number of anilines is 2. The highest BCUT2D eigenvalue weighted by molar-refractivity contribution is 6.31. The molecule has 0 fully saturated rings. The average Bonchev–Trinajstić information content (AvgIpc) is 2.66. The van der Waals surface area contributed by atoms with Crippen molar-refractivity contribution in [3.63, 3.8) is 0 Å². The summed E-state index contributed by atoms with van der Waals surface area (Å²) in [5, 5.41) is 8.12. The molecule has 0 aliphatic heterocycles. The number of hydrogen-bond donors (Lipinski definition) is 2. The van der Waals surface area contributed by atoms with E-state index in [0.29, 0.717) is 24.3 Å². The van der Waals surface area contributed by atoms with Gasteiger partial charge in [-0.15, -0.1) is 0 Å². The van der Waals surface area contributed by atoms with Gasteiger partial charge in [0, 0.05) is 5.69 Å². The van der Waals surface area contributed by atoms with E-state index in [1.165, 1.54) is 6.07 Å². The maximum atomic E-state index is 12.6. The van der Waals surface area contributed by atoms with Gasteiger partial charge in [0.05, 0.1) is 17.9 Å². The topological polar surface area (TPSA) is 89.0 Å². The van der Waals surface area contributed by atoms with Crippen molar-refractivity contribution in [2.75, 3.05) is 23.8 Å². The van der Waals surface area contributed by atoms with Crippen molar-refractivity contribution in [3.05, 3.63) is 54.1 Å². The molecule has 0 radical (unpaired) electrons. The Balaban J connectivity index is 1.81. The number of hydrogen-bond acceptors (Lipinski definition) is 5. The van der Waals surface area contributed by atoms with Gasteiger partial charge in [-0.1, -0.05) is 23.4 Å². The zero-order valence-electron chi connectivity index (χ0n) is 15.3. The molecular weight excluding hydrogens is 391 g/mol. The third-order valence-electron chi connectivity index (χ3n) is 3.36. The minimum atomic E-state index is -4.52. The summed E-state index contributed by atoms with van der Waals surface area (Å²) in [6.45, 7) is 1.75. The maximum Gasteiger partial charge on any atom is 0.416 e. The van der Waals surface area contributed by atoms with Gasteiger partial charge in [-0.3, -0.25) is 9.59 Å². The van der Waals surface area contributed by atoms with E-state index in [9.17, 15) is 22.8 Å². The molecule has 0 bridgehead atoms. The van der Waals surface area contributed by atoms with Crippen molar-refractivity contribution in [2.24, 2.45) is 5.16 Å². The molecule has 10 heteroatoms. The Labute approximate surface area is 164 Å². The predicted molar refractivity (Wildman–Crippen MR) is 101 cm³/mol. The van der Waals surface area contributed by atoms with E-state index in [4.69, 9.17) is 9.57 Å². The van der Waals surface area contributed by atoms with E-state index in [0.717, 1.165) is 18.2 Å². The van der Waals surface area contributed by atoms with E-state index < -0.39 is 30.2 Å². The maximum absolute atomic E-state index is 12.6. The van der Waals surface area contributed by atoms with Crippen LogP contribution in [0.25, 0.3) is 0 Å². The van der Waals surface area contributed by atoms with Gasteiger partial charge < -0.3 is 20.2 Å². The van der Waals surface area contributed by atoms with Gasteiger partial charge in [-0.25, -0.2) is 0 Å². The van der Waals surface area contributed by atoms with E-state index in [-0.39, 0.29) is 5.69 Å². The zero-order chi connectivity index (χ0) is 21.3. The molecule has 2 amide bonds. The molecular formula is C19H18F3N3O4. The number of benzene rings is 2. The first-order chi connectivity index (χ1) is 13.8. The van der Waals surface area contributed by atoms with Crippen molar-refractivity contribution in [2.45, 2.75) is 13.1 Å². The van der Waals surface area contributed by atoms with Crippen LogP contribution in [0, 0.1) is 0 Å². The first-order valence-electron chi connectivity index (χ1n) is 8.45. The van der Waals surface area contributed by atoms with Crippen LogP contribution in [0.2, 0.25) is 0 Å². The van der Waals surface area contributed by atoms with Gasteiger partial charge in [0.25, 0.3) is 11.8 Å². The van der Waals surface area contributed by atoms with Gasteiger partial charge in [-0.2, -0.15) is 13.2 Å². The molecule has 0 unspecified atom stereocenters. The number of oxime groups is 1. The monoisotopic (exact) mass is 409 g/mol. The molecule has 2 N–H and O–H groups in total. The lowest BCUT2D eigenvalue weighted by Gasteiger charge is -2.10. The smallest absolute Gasteiger partial charge is 0.416 e. The van der Waals surface area contributed by atoms with Crippen LogP contribution < -0.4 is 15.4 Å². The fourth-order valence-electron chi connectivity index (χ4n) is 2.17. The molecule has 0 aliphatic carbocycles. The van der Waals surface area contributed by atoms with Crippen LogP contribution in [0.15, 0.2) is 53.7 Å². The summed E-state index contributed by atoms with van der Waals surface area (Å²) >= 11 is 0. The summed E-state index contributed by atoms with van der Waals surface area (Å²) in [5.41, 5.74) is -0.497. The first-order valence-corrected chi connectivity index (χ1v) is 8.45. The van der Waals surface area contributed by atoms with Crippen LogP contribution in [0.4, 0.5) is 24.5 Å². The Morgan fingerprint density at radius 1 is 1.10 bits per heavy atom. The van der Waals surface area contributed by atoms with E-state index in [2.05, 4.69) is 15.8 Å². The van der Waals surface area contributed by atoms with Crippen molar-refractivity contribution in [3.8, 4) is 5.75 Å². The van der Waals surface area contributed by atoms with Gasteiger partial charge in [0.1, 0.15) is 12.0 Å². The number of amides is 2. The number of para-hydroxylation sites is 2. The normalized spacial score (nSPS) is 11.2. The van der Waals surface area contributed by atoms with E-state index in [1.54, 1.807) is 31.2 Å². The van der Waals surface area contributed by atoms with Gasteiger partial charge >= 0.3 is 6.18 Å². The molecule has 0 heterocycles. The van der Waals surface area contributed by atoms with Crippen LogP contribution in [0.3, 0.4) is 0 Å². The highest BCUT2D eigenvalue weighted by Crippen LogP contribution is 2.30. The fraction of sp³-hybridized carbons (Fsp3) is 0.211. The summed E-state index contributed by atoms with van der Waals surface area (Å²) in [6.07, 6.45) is -3.81. The Kier molecular flexibility index (Phi) is 7.58. The predicted octanol–water partition coefficient (Wildman–Crippen LogP) is 3.68. The Morgan fingerprint density at radius 2 is 1.86 bits per heavy atom. The molecule has 0 saturated carbocycles. The Morgan fingerprint density at radius 3 is 2.59 bits per heavy atom. The number of ether oxygens (including phenoxy) is 1. The van der Waals surface area contributed by atoms with Crippen LogP contribution in [-0.2, 0) is 20.6 Å². The molecule has 0 aliphatic rings. The number of rotatable bonds is 8. The molecule has 2 aromatic rings. The SMILES string of the molecule is CCOc1ccccc1NC(=O)CO/N=C/C(=O)Nc1cccc(C(F)(F)F)c1. The van der Waals surface area contributed by atoms with Crippen LogP contribution in [-0.4, -0.2) is 31.2 Å². The summed E-state index contributed by atoms with van der Waals surface area (Å²) < 4.78 is 43.3. The average molecular weight is 409 g/mol. The summed E-state index contributed by atoms with van der Waals surface area (Å²) in [7, 11) is 0. The summed E-state index contributed by atoms with van der Waals surface area (Å²) in [4.78, 5) is 28.3. The van der Waals surface area contributed by atoms with Crippen LogP contribution >= 0.6 is 0 Å². The third kappa shape index (κ3) is 7.17. The standard InChI is InChI=1S/C19H18F3N3O4/c1-2-28-16-9-4-3-8-15(16)25-18(27)12-29-23-11-17(26)24-14-7-5-6-13(10-14)19(20,21)22/h3-11H,2,12H2,1H3,(H,24,26)(H,25,27)/b23-11+. The van der Waals surface area contributed by atoms with Gasteiger partial charge in [0.2, 0.25) is 0 Å². The second-order valence-electron chi connectivity index (χ2n) is 5.55. The fourth-order valence-corrected chi connectivity index (χ4v) is 2.17. The van der Waals surface area contributed by atoms with Gasteiger partial charge in [-0.05, 0) is 37.3 Å². The van der Waals surface area contributed by atoms with Crippen molar-refractivity contribution in [1.82, 2.24) is 0 Å². The second-order valence-corrected chi connectivity index (χ2v) is 5.55. The molecule has 0 spiro atoms. The molecule has 154 valence electrons. The Bertz CT molecular complexity index is 885. The largest absolute Gasteiger partial charge is 0.492 e. The van der Waals surface area contributed by atoms with E-state index >= 15 is 0 Å². The Hall–Kier alpha value is -3.56. The molecule has 2 rings (SSSR count). The van der Waals surface area contributed by atoms with Crippen LogP contribution in [0.5, 0.6) is 5.75 Å². The lowest BCUT2D eigenvalue weighted by atomic mass is 10.2. The van der Waals surface area contributed by atoms with Crippen molar-refractivity contribution < 1.29 is 32.3 Å². The quantitative estimate of drug-likeness (QED) is 0.514. The molecule has 0 saturated heterocycles. The summed E-state index contributed by atoms with van der Waals surface area (Å²) in [5.74, 6) is -0.855.